The van der Waals surface area contributed by atoms with E-state index >= 15 is 0 Å². The lowest BCUT2D eigenvalue weighted by molar-refractivity contribution is -0.141. The molecule has 55 heavy (non-hydrogen) atoms. The predicted octanol–water partition coefficient (Wildman–Crippen LogP) is 7.30. The molecule has 3 amide bonds. The van der Waals surface area contributed by atoms with Crippen LogP contribution in [-0.2, 0) is 9.59 Å². The van der Waals surface area contributed by atoms with Crippen molar-refractivity contribution in [3.05, 3.63) is 108 Å². The maximum Gasteiger partial charge on any atom is 0.407 e. The van der Waals surface area contributed by atoms with E-state index < -0.39 is 12.1 Å². The normalized spacial score (nSPS) is 20.2. The van der Waals surface area contributed by atoms with Gasteiger partial charge in [-0.2, -0.15) is 0 Å². The molecule has 0 unspecified atom stereocenters. The first kappa shape index (κ1) is 36.2. The first-order valence-corrected chi connectivity index (χ1v) is 19.5. The Hall–Kier alpha value is -5.75. The van der Waals surface area contributed by atoms with Gasteiger partial charge < -0.3 is 24.9 Å². The van der Waals surface area contributed by atoms with E-state index in [2.05, 4.69) is 94.4 Å². The number of aromatic amines is 2. The second kappa shape index (κ2) is 15.5. The number of carbonyl (C=O) groups excluding carboxylic acids is 2. The SMILES string of the molecule is CCN(CC)[C@@H](C(=O)N1CCC[C@H]1c1ncc(-c2ccc(-c3ccc(-c4cnc([C@@H]5CCCN5C(=O)[C@@H]5CCN5C(=O)O)[nH]4)cc3)cc2)[nH]1)c1ccccc1. The summed E-state index contributed by atoms with van der Waals surface area (Å²) in [5, 5.41) is 9.40. The third-order valence-electron chi connectivity index (χ3n) is 11.7. The van der Waals surface area contributed by atoms with Gasteiger partial charge in [-0.25, -0.2) is 14.8 Å². The van der Waals surface area contributed by atoms with Crippen LogP contribution in [0.3, 0.4) is 0 Å². The van der Waals surface area contributed by atoms with Gasteiger partial charge >= 0.3 is 6.09 Å². The van der Waals surface area contributed by atoms with E-state index in [0.29, 0.717) is 19.5 Å². The van der Waals surface area contributed by atoms with Crippen LogP contribution in [0.15, 0.2) is 91.3 Å². The summed E-state index contributed by atoms with van der Waals surface area (Å²) in [6.07, 6.45) is 6.66. The lowest BCUT2D eigenvalue weighted by Gasteiger charge is -2.40. The molecule has 12 nitrogen and oxygen atoms in total. The highest BCUT2D eigenvalue weighted by Gasteiger charge is 2.43. The molecule has 5 aromatic rings. The Balaban J connectivity index is 0.928. The van der Waals surface area contributed by atoms with Gasteiger partial charge in [-0.1, -0.05) is 92.7 Å². The highest BCUT2D eigenvalue weighted by Crippen LogP contribution is 2.37. The van der Waals surface area contributed by atoms with Crippen LogP contribution in [0, 0.1) is 0 Å². The van der Waals surface area contributed by atoms with Crippen LogP contribution in [0.5, 0.6) is 0 Å². The molecule has 284 valence electrons. The molecule has 3 aromatic carbocycles. The van der Waals surface area contributed by atoms with Gasteiger partial charge in [0.25, 0.3) is 0 Å². The van der Waals surface area contributed by atoms with Crippen molar-refractivity contribution in [2.24, 2.45) is 0 Å². The van der Waals surface area contributed by atoms with Gasteiger partial charge in [0, 0.05) is 19.6 Å². The van der Waals surface area contributed by atoms with E-state index in [1.807, 2.05) is 29.3 Å². The first-order valence-electron chi connectivity index (χ1n) is 19.5. The lowest BCUT2D eigenvalue weighted by Crippen LogP contribution is -2.58. The Morgan fingerprint density at radius 2 is 1.20 bits per heavy atom. The summed E-state index contributed by atoms with van der Waals surface area (Å²) >= 11 is 0. The molecular weight excluding hydrogens is 693 g/mol. The number of rotatable bonds is 11. The summed E-state index contributed by atoms with van der Waals surface area (Å²) in [6, 6.07) is 25.6. The summed E-state index contributed by atoms with van der Waals surface area (Å²) < 4.78 is 0. The molecule has 3 N–H and O–H groups in total. The number of H-pyrrole nitrogens is 2. The molecule has 3 fully saturated rings. The first-order chi connectivity index (χ1) is 26.8. The van der Waals surface area contributed by atoms with E-state index in [4.69, 9.17) is 4.98 Å². The summed E-state index contributed by atoms with van der Waals surface area (Å²) in [5.74, 6) is 1.55. The summed E-state index contributed by atoms with van der Waals surface area (Å²) in [6.45, 7) is 7.52. The highest BCUT2D eigenvalue weighted by molar-refractivity contribution is 5.87. The molecule has 4 atom stereocenters. The van der Waals surface area contributed by atoms with Crippen LogP contribution in [0.2, 0.25) is 0 Å². The topological polar surface area (TPSA) is 142 Å². The summed E-state index contributed by atoms with van der Waals surface area (Å²) in [7, 11) is 0. The minimum Gasteiger partial charge on any atom is -0.465 e. The molecular formula is C43H48N8O4. The van der Waals surface area contributed by atoms with Crippen molar-refractivity contribution < 1.29 is 19.5 Å². The van der Waals surface area contributed by atoms with E-state index in [1.165, 1.54) is 4.90 Å². The molecule has 12 heteroatoms. The number of aromatic nitrogens is 4. The fourth-order valence-corrected chi connectivity index (χ4v) is 8.57. The van der Waals surface area contributed by atoms with Crippen LogP contribution in [0.4, 0.5) is 4.79 Å². The Bertz CT molecular complexity index is 2130. The largest absolute Gasteiger partial charge is 0.465 e. The standard InChI is InChI=1S/C43H48N8O4/c1-3-48(4-2)38(32-10-6-5-7-11-32)42(53)50-24-9-13-36(50)40-45-27-34(47-40)31-20-16-29(17-21-31)28-14-18-30(19-15-28)33-26-44-39(46-33)35-12-8-23-49(35)41(52)37-22-25-51(37)43(54)55/h5-7,10-11,14-21,26-27,35-38H,3-4,8-9,12-13,22-25H2,1-2H3,(H,44,46)(H,45,47)(H,54,55)/t35-,36-,37-,38+/m0/s1. The number of nitrogens with zero attached hydrogens (tertiary/aromatic N) is 6. The Morgan fingerprint density at radius 3 is 1.69 bits per heavy atom. The molecule has 5 heterocycles. The highest BCUT2D eigenvalue weighted by atomic mass is 16.4. The fourth-order valence-electron chi connectivity index (χ4n) is 8.57. The zero-order valence-corrected chi connectivity index (χ0v) is 31.4. The van der Waals surface area contributed by atoms with E-state index in [9.17, 15) is 19.5 Å². The van der Waals surface area contributed by atoms with E-state index in [-0.39, 0.29) is 29.9 Å². The average molecular weight is 741 g/mol. The van der Waals surface area contributed by atoms with Crippen LogP contribution >= 0.6 is 0 Å². The van der Waals surface area contributed by atoms with E-state index in [0.717, 1.165) is 96.2 Å². The Labute approximate surface area is 321 Å². The maximum absolute atomic E-state index is 14.2. The number of likely N-dealkylation sites (tertiary alicyclic amines) is 3. The number of amides is 3. The second-order valence-electron chi connectivity index (χ2n) is 14.7. The van der Waals surface area contributed by atoms with Gasteiger partial charge in [0.1, 0.15) is 23.7 Å². The van der Waals surface area contributed by atoms with Gasteiger partial charge in [0.15, 0.2) is 0 Å². The second-order valence-corrected chi connectivity index (χ2v) is 14.7. The van der Waals surface area contributed by atoms with Crippen molar-refractivity contribution in [2.45, 2.75) is 70.1 Å². The molecule has 0 radical (unpaired) electrons. The van der Waals surface area contributed by atoms with Crippen molar-refractivity contribution in [3.8, 4) is 33.6 Å². The minimum absolute atomic E-state index is 0.0940. The molecule has 0 spiro atoms. The molecule has 8 rings (SSSR count). The van der Waals surface area contributed by atoms with Gasteiger partial charge in [0.2, 0.25) is 11.8 Å². The predicted molar refractivity (Wildman–Crippen MR) is 210 cm³/mol. The number of nitrogens with one attached hydrogen (secondary N) is 2. The molecule has 3 saturated heterocycles. The Morgan fingerprint density at radius 1 is 0.691 bits per heavy atom. The number of imidazole rings is 2. The van der Waals surface area contributed by atoms with Gasteiger partial charge in [-0.05, 0) is 73.0 Å². The van der Waals surface area contributed by atoms with Crippen molar-refractivity contribution in [3.63, 3.8) is 0 Å². The molecule has 3 aliphatic heterocycles. The van der Waals surface area contributed by atoms with Crippen molar-refractivity contribution in [1.29, 1.82) is 0 Å². The monoisotopic (exact) mass is 740 g/mol. The zero-order chi connectivity index (χ0) is 38.1. The number of benzene rings is 3. The smallest absolute Gasteiger partial charge is 0.407 e. The number of carboxylic acid groups (broad SMARTS) is 1. The van der Waals surface area contributed by atoms with Crippen LogP contribution in [0.1, 0.15) is 81.3 Å². The number of hydrogen-bond acceptors (Lipinski definition) is 6. The molecule has 2 aromatic heterocycles. The van der Waals surface area contributed by atoms with Crippen molar-refractivity contribution >= 4 is 17.9 Å². The lowest BCUT2D eigenvalue weighted by atomic mass is 10.0. The fraction of sp³-hybridized carbons (Fsp3) is 0.372. The zero-order valence-electron chi connectivity index (χ0n) is 31.4. The van der Waals surface area contributed by atoms with Gasteiger partial charge in [0.05, 0.1) is 35.9 Å². The number of hydrogen-bond donors (Lipinski definition) is 3. The van der Waals surface area contributed by atoms with E-state index in [1.54, 1.807) is 11.1 Å². The van der Waals surface area contributed by atoms with Crippen LogP contribution in [-0.4, -0.2) is 101 Å². The molecule has 3 aliphatic rings. The van der Waals surface area contributed by atoms with Crippen LogP contribution < -0.4 is 0 Å². The summed E-state index contributed by atoms with van der Waals surface area (Å²) in [5.41, 5.74) is 6.99. The third-order valence-corrected chi connectivity index (χ3v) is 11.7. The minimum atomic E-state index is -1.04. The van der Waals surface area contributed by atoms with Crippen molar-refractivity contribution in [1.82, 2.24) is 39.5 Å². The molecule has 0 saturated carbocycles. The van der Waals surface area contributed by atoms with Gasteiger partial charge in [-0.15, -0.1) is 0 Å². The molecule has 0 bridgehead atoms. The molecule has 0 aliphatic carbocycles. The van der Waals surface area contributed by atoms with Crippen LogP contribution in [0.25, 0.3) is 33.6 Å². The number of likely N-dealkylation sites (N-methyl/N-ethyl adjacent to an activating group) is 1. The summed E-state index contributed by atoms with van der Waals surface area (Å²) in [4.78, 5) is 62.6. The van der Waals surface area contributed by atoms with Crippen molar-refractivity contribution in [2.75, 3.05) is 32.7 Å². The number of carbonyl (C=O) groups is 3. The quantitative estimate of drug-likeness (QED) is 0.129. The Kier molecular flexibility index (Phi) is 10.2. The third kappa shape index (κ3) is 7.02. The average Bonchev–Trinajstić information content (AvgIpc) is 4.03. The van der Waals surface area contributed by atoms with Gasteiger partial charge in [-0.3, -0.25) is 19.4 Å². The maximum atomic E-state index is 14.2.